The summed E-state index contributed by atoms with van der Waals surface area (Å²) in [4.78, 5) is 4.67. The van der Waals surface area contributed by atoms with Gasteiger partial charge in [0.1, 0.15) is 24.2 Å². The van der Waals surface area contributed by atoms with Crippen LogP contribution in [0.2, 0.25) is 0 Å². The maximum atomic E-state index is 9.36. The van der Waals surface area contributed by atoms with Gasteiger partial charge in [0.25, 0.3) is 0 Å². The number of aryl methyl sites for hydroxylation is 2. The van der Waals surface area contributed by atoms with Gasteiger partial charge in [0.05, 0.1) is 11.6 Å². The molecule has 2 heterocycles. The number of hydrogen-bond donors (Lipinski definition) is 1. The lowest BCUT2D eigenvalue weighted by Crippen LogP contribution is -2.14. The first-order valence-corrected chi connectivity index (χ1v) is 7.26. The van der Waals surface area contributed by atoms with Gasteiger partial charge in [0.15, 0.2) is 0 Å². The summed E-state index contributed by atoms with van der Waals surface area (Å²) in [5.74, 6) is 1.60. The van der Waals surface area contributed by atoms with Crippen LogP contribution in [0, 0.1) is 11.3 Å². The van der Waals surface area contributed by atoms with Crippen LogP contribution in [-0.4, -0.2) is 11.6 Å². The first kappa shape index (κ1) is 12.2. The van der Waals surface area contributed by atoms with E-state index < -0.39 is 0 Å². The first-order chi connectivity index (χ1) is 10.3. The fourth-order valence-corrected chi connectivity index (χ4v) is 3.11. The van der Waals surface area contributed by atoms with Gasteiger partial charge in [-0.1, -0.05) is 18.2 Å². The molecule has 0 radical (unpaired) electrons. The minimum absolute atomic E-state index is 0.0558. The van der Waals surface area contributed by atoms with Crippen molar-refractivity contribution in [3.8, 4) is 11.8 Å². The largest absolute Gasteiger partial charge is 0.491 e. The van der Waals surface area contributed by atoms with Gasteiger partial charge in [-0.05, 0) is 37.0 Å². The zero-order valence-corrected chi connectivity index (χ0v) is 11.6. The molecule has 4 rings (SSSR count). The fraction of sp³-hybridized carbons (Fsp3) is 0.294. The number of nitrogens with one attached hydrogen (secondary N) is 1. The second-order valence-corrected chi connectivity index (χ2v) is 5.50. The molecule has 1 atom stereocenters. The quantitative estimate of drug-likeness (QED) is 0.916. The third-order valence-corrected chi connectivity index (χ3v) is 4.18. The van der Waals surface area contributed by atoms with Crippen LogP contribution in [0.25, 0.3) is 0 Å². The van der Waals surface area contributed by atoms with E-state index in [1.54, 1.807) is 0 Å². The number of aromatic nitrogens is 1. The highest BCUT2D eigenvalue weighted by atomic mass is 16.5. The maximum Gasteiger partial charge on any atom is 0.144 e. The summed E-state index contributed by atoms with van der Waals surface area (Å²) in [5.41, 5.74) is 4.10. The molecule has 104 valence electrons. The normalized spacial score (nSPS) is 18.5. The first-order valence-electron chi connectivity index (χ1n) is 7.26. The Hall–Kier alpha value is -2.54. The van der Waals surface area contributed by atoms with E-state index in [1.807, 2.05) is 24.3 Å². The molecule has 4 nitrogen and oxygen atoms in total. The van der Waals surface area contributed by atoms with Gasteiger partial charge < -0.3 is 10.1 Å². The van der Waals surface area contributed by atoms with Gasteiger partial charge in [-0.25, -0.2) is 4.98 Å². The molecule has 0 saturated heterocycles. The van der Waals surface area contributed by atoms with E-state index in [-0.39, 0.29) is 6.04 Å². The molecule has 0 saturated carbocycles. The van der Waals surface area contributed by atoms with Crippen molar-refractivity contribution in [1.82, 2.24) is 4.98 Å². The molecule has 1 aliphatic heterocycles. The van der Waals surface area contributed by atoms with Crippen LogP contribution in [0.4, 0.5) is 5.82 Å². The van der Waals surface area contributed by atoms with Crippen molar-refractivity contribution in [3.63, 3.8) is 0 Å². The summed E-state index contributed by atoms with van der Waals surface area (Å²) in [5, 5.41) is 12.7. The van der Waals surface area contributed by atoms with Gasteiger partial charge in [0, 0.05) is 11.3 Å². The van der Waals surface area contributed by atoms with Crippen molar-refractivity contribution in [2.24, 2.45) is 0 Å². The number of pyridine rings is 1. The minimum Gasteiger partial charge on any atom is -0.491 e. The molecule has 1 N–H and O–H groups in total. The second-order valence-electron chi connectivity index (χ2n) is 5.50. The van der Waals surface area contributed by atoms with E-state index in [9.17, 15) is 5.26 Å². The van der Waals surface area contributed by atoms with Gasteiger partial charge in [-0.3, -0.25) is 0 Å². The average molecular weight is 277 g/mol. The number of ether oxygens (including phenoxy) is 1. The van der Waals surface area contributed by atoms with Crippen LogP contribution in [0.1, 0.15) is 34.8 Å². The number of nitriles is 1. The lowest BCUT2D eigenvalue weighted by molar-refractivity contribution is 0.339. The third kappa shape index (κ3) is 2.02. The lowest BCUT2D eigenvalue weighted by Gasteiger charge is -2.14. The zero-order valence-electron chi connectivity index (χ0n) is 11.6. The number of rotatable bonds is 2. The lowest BCUT2D eigenvalue weighted by atomic mass is 10.1. The third-order valence-electron chi connectivity index (χ3n) is 4.18. The van der Waals surface area contributed by atoms with Crippen molar-refractivity contribution >= 4 is 5.82 Å². The van der Waals surface area contributed by atoms with Crippen molar-refractivity contribution in [2.45, 2.75) is 25.3 Å². The van der Waals surface area contributed by atoms with Crippen molar-refractivity contribution < 1.29 is 4.74 Å². The van der Waals surface area contributed by atoms with Crippen LogP contribution in [-0.2, 0) is 12.8 Å². The second kappa shape index (κ2) is 4.78. The van der Waals surface area contributed by atoms with Crippen LogP contribution < -0.4 is 10.1 Å². The van der Waals surface area contributed by atoms with Crippen LogP contribution in [0.5, 0.6) is 5.75 Å². The van der Waals surface area contributed by atoms with E-state index in [0.717, 1.165) is 36.3 Å². The molecule has 0 bridgehead atoms. The Bertz CT molecular complexity index is 748. The number of fused-ring (bicyclic) bond motifs is 2. The molecule has 2 aromatic rings. The summed E-state index contributed by atoms with van der Waals surface area (Å²) in [6.45, 7) is 0.572. The summed E-state index contributed by atoms with van der Waals surface area (Å²) < 4.78 is 5.68. The van der Waals surface area contributed by atoms with Gasteiger partial charge in [-0.2, -0.15) is 5.26 Å². The minimum atomic E-state index is 0.0558. The molecular weight excluding hydrogens is 262 g/mol. The SMILES string of the molecule is N#Cc1cc2c(nc1NC1COc3ccccc31)CCC2. The molecule has 1 aromatic heterocycles. The molecule has 0 fully saturated rings. The Labute approximate surface area is 123 Å². The van der Waals surface area contributed by atoms with Crippen LogP contribution >= 0.6 is 0 Å². The fourth-order valence-electron chi connectivity index (χ4n) is 3.11. The number of nitrogens with zero attached hydrogens (tertiary/aromatic N) is 2. The van der Waals surface area contributed by atoms with Crippen molar-refractivity contribution in [3.05, 3.63) is 52.7 Å². The molecule has 0 amide bonds. The maximum absolute atomic E-state index is 9.36. The van der Waals surface area contributed by atoms with Crippen molar-refractivity contribution in [1.29, 1.82) is 5.26 Å². The Kier molecular flexibility index (Phi) is 2.78. The predicted molar refractivity (Wildman–Crippen MR) is 79.3 cm³/mol. The van der Waals surface area contributed by atoms with Crippen LogP contribution in [0.15, 0.2) is 30.3 Å². The number of benzene rings is 1. The highest BCUT2D eigenvalue weighted by Gasteiger charge is 2.25. The van der Waals surface area contributed by atoms with E-state index in [0.29, 0.717) is 18.0 Å². The van der Waals surface area contributed by atoms with E-state index >= 15 is 0 Å². The smallest absolute Gasteiger partial charge is 0.144 e. The Morgan fingerprint density at radius 3 is 3.10 bits per heavy atom. The summed E-state index contributed by atoms with van der Waals surface area (Å²) in [7, 11) is 0. The molecule has 1 aliphatic carbocycles. The van der Waals surface area contributed by atoms with Crippen molar-refractivity contribution in [2.75, 3.05) is 11.9 Å². The highest BCUT2D eigenvalue weighted by Crippen LogP contribution is 2.35. The molecule has 2 aliphatic rings. The summed E-state index contributed by atoms with van der Waals surface area (Å²) in [6, 6.07) is 12.3. The van der Waals surface area contributed by atoms with E-state index in [4.69, 9.17) is 4.74 Å². The molecular formula is C17H15N3O. The Balaban J connectivity index is 1.68. The summed E-state index contributed by atoms with van der Waals surface area (Å²) in [6.07, 6.45) is 3.17. The monoisotopic (exact) mass is 277 g/mol. The van der Waals surface area contributed by atoms with Gasteiger partial charge >= 0.3 is 0 Å². The van der Waals surface area contributed by atoms with Crippen LogP contribution in [0.3, 0.4) is 0 Å². The number of para-hydroxylation sites is 1. The summed E-state index contributed by atoms with van der Waals surface area (Å²) >= 11 is 0. The predicted octanol–water partition coefficient (Wildman–Crippen LogP) is 2.99. The molecule has 1 unspecified atom stereocenters. The molecule has 4 heteroatoms. The average Bonchev–Trinajstić information content (AvgIpc) is 3.13. The Morgan fingerprint density at radius 2 is 2.19 bits per heavy atom. The van der Waals surface area contributed by atoms with Gasteiger partial charge in [-0.15, -0.1) is 0 Å². The molecule has 0 spiro atoms. The highest BCUT2D eigenvalue weighted by molar-refractivity contribution is 5.57. The number of hydrogen-bond acceptors (Lipinski definition) is 4. The standard InChI is InChI=1S/C17H15N3O/c18-9-12-8-11-4-3-6-14(11)19-17(12)20-15-10-21-16-7-2-1-5-13(15)16/h1-2,5,7-8,15H,3-4,6,10H2,(H,19,20). The number of anilines is 1. The topological polar surface area (TPSA) is 57.9 Å². The molecule has 1 aromatic carbocycles. The van der Waals surface area contributed by atoms with E-state index in [2.05, 4.69) is 22.4 Å². The van der Waals surface area contributed by atoms with E-state index in [1.165, 1.54) is 5.56 Å². The molecule has 21 heavy (non-hydrogen) atoms. The Morgan fingerprint density at radius 1 is 1.29 bits per heavy atom. The van der Waals surface area contributed by atoms with Gasteiger partial charge in [0.2, 0.25) is 0 Å². The zero-order chi connectivity index (χ0) is 14.2.